The highest BCUT2D eigenvalue weighted by Gasteiger charge is 2.11. The molecule has 0 aliphatic heterocycles. The van der Waals surface area contributed by atoms with Crippen LogP contribution in [0.15, 0.2) is 12.7 Å². The van der Waals surface area contributed by atoms with E-state index in [0.29, 0.717) is 19.1 Å². The molecule has 0 aromatic rings. The van der Waals surface area contributed by atoms with Crippen molar-refractivity contribution in [2.24, 2.45) is 5.92 Å². The Morgan fingerprint density at radius 1 is 1.57 bits per heavy atom. The van der Waals surface area contributed by atoms with E-state index < -0.39 is 0 Å². The summed E-state index contributed by atoms with van der Waals surface area (Å²) in [7, 11) is 0. The fraction of sp³-hybridized carbons (Fsp3) is 0.727. The Bertz CT molecular complexity index is 178. The van der Waals surface area contributed by atoms with Gasteiger partial charge in [0.25, 0.3) is 0 Å². The second-order valence-electron chi connectivity index (χ2n) is 3.68. The van der Waals surface area contributed by atoms with E-state index in [4.69, 9.17) is 4.74 Å². The quantitative estimate of drug-likeness (QED) is 0.461. The topological polar surface area (TPSA) is 29.5 Å². The first-order chi connectivity index (χ1) is 6.60. The van der Waals surface area contributed by atoms with E-state index in [0.717, 1.165) is 13.1 Å². The Morgan fingerprint density at radius 2 is 2.21 bits per heavy atom. The normalized spacial score (nSPS) is 10.6. The van der Waals surface area contributed by atoms with Crippen LogP contribution in [0.5, 0.6) is 0 Å². The Morgan fingerprint density at radius 3 is 2.64 bits per heavy atom. The Kier molecular flexibility index (Phi) is 7.11. The second kappa shape index (κ2) is 7.56. The second-order valence-corrected chi connectivity index (χ2v) is 3.68. The van der Waals surface area contributed by atoms with Gasteiger partial charge in [0.2, 0.25) is 0 Å². The van der Waals surface area contributed by atoms with Gasteiger partial charge in [0.15, 0.2) is 0 Å². The van der Waals surface area contributed by atoms with Crippen molar-refractivity contribution in [2.75, 3.05) is 26.2 Å². The molecule has 14 heavy (non-hydrogen) atoms. The van der Waals surface area contributed by atoms with Crippen molar-refractivity contribution in [2.45, 2.75) is 20.8 Å². The summed E-state index contributed by atoms with van der Waals surface area (Å²) < 4.78 is 4.89. The summed E-state index contributed by atoms with van der Waals surface area (Å²) in [6.45, 7) is 12.2. The van der Waals surface area contributed by atoms with Gasteiger partial charge in [0, 0.05) is 13.1 Å². The van der Waals surface area contributed by atoms with Gasteiger partial charge < -0.3 is 4.74 Å². The third-order valence-corrected chi connectivity index (χ3v) is 1.67. The van der Waals surface area contributed by atoms with E-state index in [1.807, 2.05) is 17.9 Å². The van der Waals surface area contributed by atoms with Gasteiger partial charge in [0.05, 0.1) is 13.2 Å². The molecule has 0 saturated carbocycles. The van der Waals surface area contributed by atoms with Crippen molar-refractivity contribution in [3.8, 4) is 0 Å². The van der Waals surface area contributed by atoms with Crippen LogP contribution in [0.1, 0.15) is 20.8 Å². The molecular formula is C11H21NO2. The van der Waals surface area contributed by atoms with Crippen LogP contribution in [-0.2, 0) is 9.53 Å². The molecule has 0 aromatic heterocycles. The lowest BCUT2D eigenvalue weighted by Gasteiger charge is -2.21. The molecule has 0 aromatic carbocycles. The first-order valence-electron chi connectivity index (χ1n) is 5.09. The van der Waals surface area contributed by atoms with E-state index in [1.165, 1.54) is 0 Å². The molecule has 3 heteroatoms. The summed E-state index contributed by atoms with van der Waals surface area (Å²) in [5, 5.41) is 0. The lowest BCUT2D eigenvalue weighted by atomic mass is 10.2. The molecule has 0 bridgehead atoms. The molecule has 0 saturated heterocycles. The highest BCUT2D eigenvalue weighted by Crippen LogP contribution is 1.99. The molecule has 0 atom stereocenters. The maximum atomic E-state index is 11.2. The van der Waals surface area contributed by atoms with E-state index in [1.54, 1.807) is 0 Å². The monoisotopic (exact) mass is 199 g/mol. The van der Waals surface area contributed by atoms with Crippen LogP contribution in [-0.4, -0.2) is 37.1 Å². The fourth-order valence-electron chi connectivity index (χ4n) is 1.29. The van der Waals surface area contributed by atoms with Gasteiger partial charge in [-0.2, -0.15) is 0 Å². The molecule has 0 heterocycles. The van der Waals surface area contributed by atoms with Crippen LogP contribution in [0.3, 0.4) is 0 Å². The largest absolute Gasteiger partial charge is 0.465 e. The van der Waals surface area contributed by atoms with Gasteiger partial charge in [0.1, 0.15) is 0 Å². The SMILES string of the molecule is C=CCN(CC(=O)OCC)CC(C)C. The predicted octanol–water partition coefficient (Wildman–Crippen LogP) is 1.69. The van der Waals surface area contributed by atoms with Gasteiger partial charge in [-0.05, 0) is 12.8 Å². The third-order valence-electron chi connectivity index (χ3n) is 1.67. The Hall–Kier alpha value is -0.830. The first kappa shape index (κ1) is 13.2. The molecule has 0 radical (unpaired) electrons. The zero-order chi connectivity index (χ0) is 11.0. The van der Waals surface area contributed by atoms with Gasteiger partial charge in [-0.3, -0.25) is 9.69 Å². The maximum Gasteiger partial charge on any atom is 0.320 e. The van der Waals surface area contributed by atoms with Gasteiger partial charge in [-0.15, -0.1) is 6.58 Å². The number of hydrogen-bond donors (Lipinski definition) is 0. The smallest absolute Gasteiger partial charge is 0.320 e. The van der Waals surface area contributed by atoms with Crippen LogP contribution in [0.25, 0.3) is 0 Å². The average molecular weight is 199 g/mol. The molecule has 0 unspecified atom stereocenters. The minimum absolute atomic E-state index is 0.157. The minimum atomic E-state index is -0.157. The van der Waals surface area contributed by atoms with Crippen LogP contribution in [0.2, 0.25) is 0 Å². The number of rotatable bonds is 7. The van der Waals surface area contributed by atoms with Crippen LogP contribution < -0.4 is 0 Å². The molecule has 0 aliphatic carbocycles. The molecule has 0 amide bonds. The molecule has 82 valence electrons. The summed E-state index contributed by atoms with van der Waals surface area (Å²) in [5.41, 5.74) is 0. The fourth-order valence-corrected chi connectivity index (χ4v) is 1.29. The first-order valence-corrected chi connectivity index (χ1v) is 5.09. The highest BCUT2D eigenvalue weighted by atomic mass is 16.5. The molecule has 3 nitrogen and oxygen atoms in total. The minimum Gasteiger partial charge on any atom is -0.465 e. The van der Waals surface area contributed by atoms with Crippen molar-refractivity contribution >= 4 is 5.97 Å². The van der Waals surface area contributed by atoms with Crippen molar-refractivity contribution in [3.05, 3.63) is 12.7 Å². The van der Waals surface area contributed by atoms with Crippen LogP contribution >= 0.6 is 0 Å². The summed E-state index contributed by atoms with van der Waals surface area (Å²) >= 11 is 0. The number of carbonyl (C=O) groups is 1. The number of ether oxygens (including phenoxy) is 1. The van der Waals surface area contributed by atoms with Crippen LogP contribution in [0, 0.1) is 5.92 Å². The van der Waals surface area contributed by atoms with Gasteiger partial charge in [-0.25, -0.2) is 0 Å². The standard InChI is InChI=1S/C11H21NO2/c1-5-7-12(8-10(3)4)9-11(13)14-6-2/h5,10H,1,6-9H2,2-4H3. The zero-order valence-electron chi connectivity index (χ0n) is 9.45. The highest BCUT2D eigenvalue weighted by molar-refractivity contribution is 5.71. The molecule has 0 aliphatic rings. The average Bonchev–Trinajstić information content (AvgIpc) is 2.03. The Labute approximate surface area is 86.7 Å². The molecular weight excluding hydrogens is 178 g/mol. The van der Waals surface area contributed by atoms with Crippen molar-refractivity contribution in [3.63, 3.8) is 0 Å². The maximum absolute atomic E-state index is 11.2. The third kappa shape index (κ3) is 6.66. The molecule has 0 spiro atoms. The lowest BCUT2D eigenvalue weighted by molar-refractivity contribution is -0.144. The molecule has 0 fully saturated rings. The molecule has 0 rings (SSSR count). The van der Waals surface area contributed by atoms with E-state index in [-0.39, 0.29) is 5.97 Å². The van der Waals surface area contributed by atoms with E-state index in [9.17, 15) is 4.79 Å². The summed E-state index contributed by atoms with van der Waals surface area (Å²) in [6.07, 6.45) is 1.81. The number of hydrogen-bond acceptors (Lipinski definition) is 3. The van der Waals surface area contributed by atoms with Gasteiger partial charge in [-0.1, -0.05) is 19.9 Å². The van der Waals surface area contributed by atoms with Crippen molar-refractivity contribution in [1.82, 2.24) is 4.90 Å². The number of esters is 1. The molecule has 0 N–H and O–H groups in total. The van der Waals surface area contributed by atoms with Crippen molar-refractivity contribution < 1.29 is 9.53 Å². The van der Waals surface area contributed by atoms with E-state index in [2.05, 4.69) is 20.4 Å². The Balaban J connectivity index is 3.94. The van der Waals surface area contributed by atoms with Crippen molar-refractivity contribution in [1.29, 1.82) is 0 Å². The summed E-state index contributed by atoms with van der Waals surface area (Å²) in [4.78, 5) is 13.2. The van der Waals surface area contributed by atoms with E-state index >= 15 is 0 Å². The van der Waals surface area contributed by atoms with Crippen LogP contribution in [0.4, 0.5) is 0 Å². The summed E-state index contributed by atoms with van der Waals surface area (Å²) in [6, 6.07) is 0. The summed E-state index contributed by atoms with van der Waals surface area (Å²) in [5.74, 6) is 0.388. The zero-order valence-corrected chi connectivity index (χ0v) is 9.45. The number of nitrogens with zero attached hydrogens (tertiary/aromatic N) is 1. The lowest BCUT2D eigenvalue weighted by Crippen LogP contribution is -2.34. The number of carbonyl (C=O) groups excluding carboxylic acids is 1. The predicted molar refractivity (Wildman–Crippen MR) is 58.1 cm³/mol. The van der Waals surface area contributed by atoms with Gasteiger partial charge >= 0.3 is 5.97 Å².